The van der Waals surface area contributed by atoms with Crippen LogP contribution in [0, 0.1) is 29.4 Å². The predicted molar refractivity (Wildman–Crippen MR) is 120 cm³/mol. The number of rotatable bonds is 10. The monoisotopic (exact) mass is 400 g/mol. The molecule has 0 spiro atoms. The molecule has 3 rings (SSSR count). The lowest BCUT2D eigenvalue weighted by molar-refractivity contribution is 0.218. The molecule has 0 radical (unpaired) electrons. The molecular formula is C27H38F2. The van der Waals surface area contributed by atoms with Crippen molar-refractivity contribution in [2.24, 2.45) is 17.8 Å². The second-order valence-corrected chi connectivity index (χ2v) is 9.21. The van der Waals surface area contributed by atoms with Crippen molar-refractivity contribution >= 4 is 5.57 Å². The maximum absolute atomic E-state index is 14.0. The van der Waals surface area contributed by atoms with Crippen molar-refractivity contribution in [2.45, 2.75) is 90.4 Å². The summed E-state index contributed by atoms with van der Waals surface area (Å²) >= 11 is 0. The van der Waals surface area contributed by atoms with Crippen LogP contribution in [0.4, 0.5) is 8.78 Å². The van der Waals surface area contributed by atoms with Crippen molar-refractivity contribution in [3.05, 3.63) is 53.6 Å². The van der Waals surface area contributed by atoms with Gasteiger partial charge in [-0.05, 0) is 48.7 Å². The molecule has 2 heteroatoms. The van der Waals surface area contributed by atoms with Gasteiger partial charge in [0.25, 0.3) is 0 Å². The first-order valence-electron chi connectivity index (χ1n) is 12.0. The third-order valence-corrected chi connectivity index (χ3v) is 7.11. The summed E-state index contributed by atoms with van der Waals surface area (Å²) in [7, 11) is 0. The highest BCUT2D eigenvalue weighted by Crippen LogP contribution is 2.40. The van der Waals surface area contributed by atoms with Crippen LogP contribution in [0.5, 0.6) is 0 Å². The van der Waals surface area contributed by atoms with E-state index in [1.165, 1.54) is 83.1 Å². The molecule has 0 aliphatic heterocycles. The Kier molecular flexibility index (Phi) is 8.95. The van der Waals surface area contributed by atoms with Crippen molar-refractivity contribution in [3.63, 3.8) is 0 Å². The zero-order valence-electron chi connectivity index (χ0n) is 18.1. The number of benzene rings is 1. The quantitative estimate of drug-likeness (QED) is 0.344. The van der Waals surface area contributed by atoms with E-state index < -0.39 is 11.6 Å². The summed E-state index contributed by atoms with van der Waals surface area (Å²) in [6.45, 7) is 2.28. The van der Waals surface area contributed by atoms with Crippen LogP contribution in [0.2, 0.25) is 0 Å². The third-order valence-electron chi connectivity index (χ3n) is 7.11. The number of unbranched alkanes of at least 4 members (excludes halogenated alkanes) is 6. The minimum atomic E-state index is -0.766. The van der Waals surface area contributed by atoms with Gasteiger partial charge in [0.05, 0.1) is 0 Å². The van der Waals surface area contributed by atoms with Gasteiger partial charge in [-0.3, -0.25) is 0 Å². The van der Waals surface area contributed by atoms with E-state index in [9.17, 15) is 8.78 Å². The topological polar surface area (TPSA) is 0 Å². The Morgan fingerprint density at radius 1 is 0.897 bits per heavy atom. The largest absolute Gasteiger partial charge is 0.204 e. The van der Waals surface area contributed by atoms with E-state index in [1.807, 2.05) is 6.08 Å². The average Bonchev–Trinajstić information content (AvgIpc) is 2.76. The maximum atomic E-state index is 14.0. The molecule has 2 aliphatic rings. The van der Waals surface area contributed by atoms with Gasteiger partial charge >= 0.3 is 0 Å². The van der Waals surface area contributed by atoms with E-state index in [0.717, 1.165) is 23.8 Å². The second kappa shape index (κ2) is 11.7. The molecule has 1 atom stereocenters. The van der Waals surface area contributed by atoms with Crippen LogP contribution < -0.4 is 0 Å². The molecule has 1 aromatic carbocycles. The second-order valence-electron chi connectivity index (χ2n) is 9.21. The highest BCUT2D eigenvalue weighted by atomic mass is 19.2. The highest BCUT2D eigenvalue weighted by Gasteiger charge is 2.27. The SMILES string of the molecule is CCCCCCCCCC1CCC(C2C=CC(c3cccc(F)c3F)=CC2)CC1. The highest BCUT2D eigenvalue weighted by molar-refractivity contribution is 5.75. The fourth-order valence-electron chi connectivity index (χ4n) is 5.21. The van der Waals surface area contributed by atoms with Gasteiger partial charge in [0, 0.05) is 5.56 Å². The molecular weight excluding hydrogens is 362 g/mol. The Balaban J connectivity index is 1.36. The molecule has 1 unspecified atom stereocenters. The molecule has 1 saturated carbocycles. The van der Waals surface area contributed by atoms with E-state index in [1.54, 1.807) is 12.1 Å². The molecule has 0 bridgehead atoms. The average molecular weight is 401 g/mol. The lowest BCUT2D eigenvalue weighted by Crippen LogP contribution is -2.21. The minimum Gasteiger partial charge on any atom is -0.204 e. The van der Waals surface area contributed by atoms with Gasteiger partial charge in [-0.2, -0.15) is 0 Å². The number of allylic oxidation sites excluding steroid dienone is 4. The van der Waals surface area contributed by atoms with Gasteiger partial charge in [0.1, 0.15) is 0 Å². The molecule has 1 fully saturated rings. The van der Waals surface area contributed by atoms with E-state index in [2.05, 4.69) is 19.1 Å². The van der Waals surface area contributed by atoms with Crippen molar-refractivity contribution in [1.29, 1.82) is 0 Å². The summed E-state index contributed by atoms with van der Waals surface area (Å²) in [4.78, 5) is 0. The lowest BCUT2D eigenvalue weighted by atomic mass is 9.72. The molecule has 2 aliphatic carbocycles. The molecule has 0 heterocycles. The summed E-state index contributed by atoms with van der Waals surface area (Å²) in [5.74, 6) is 0.759. The maximum Gasteiger partial charge on any atom is 0.166 e. The zero-order chi connectivity index (χ0) is 20.5. The van der Waals surface area contributed by atoms with Crippen LogP contribution in [0.3, 0.4) is 0 Å². The minimum absolute atomic E-state index is 0.387. The van der Waals surface area contributed by atoms with E-state index in [-0.39, 0.29) is 0 Å². The predicted octanol–water partition coefficient (Wildman–Crippen LogP) is 8.87. The Labute approximate surface area is 176 Å². The molecule has 0 amide bonds. The number of halogens is 2. The van der Waals surface area contributed by atoms with E-state index in [4.69, 9.17) is 0 Å². The van der Waals surface area contributed by atoms with Crippen LogP contribution in [0.15, 0.2) is 36.4 Å². The van der Waals surface area contributed by atoms with Gasteiger partial charge in [-0.1, -0.05) is 101 Å². The van der Waals surface area contributed by atoms with Crippen LogP contribution >= 0.6 is 0 Å². The van der Waals surface area contributed by atoms with E-state index in [0.29, 0.717) is 11.5 Å². The zero-order valence-corrected chi connectivity index (χ0v) is 18.1. The van der Waals surface area contributed by atoms with Crippen LogP contribution in [0.1, 0.15) is 96.0 Å². The van der Waals surface area contributed by atoms with Crippen molar-refractivity contribution < 1.29 is 8.78 Å². The Morgan fingerprint density at radius 2 is 1.62 bits per heavy atom. The number of hydrogen-bond donors (Lipinski definition) is 0. The molecule has 0 N–H and O–H groups in total. The summed E-state index contributed by atoms with van der Waals surface area (Å²) in [5, 5.41) is 0. The molecule has 29 heavy (non-hydrogen) atoms. The van der Waals surface area contributed by atoms with Gasteiger partial charge in [0.2, 0.25) is 0 Å². The standard InChI is InChI=1S/C27H38F2/c1-2-3-4-5-6-7-8-10-21-13-15-22(16-14-21)23-17-19-24(20-18-23)25-11-9-12-26(28)27(25)29/h9,11-12,17,19-23H,2-8,10,13-16,18H2,1H3. The molecule has 0 aromatic heterocycles. The molecule has 0 saturated heterocycles. The summed E-state index contributed by atoms with van der Waals surface area (Å²) in [5.41, 5.74) is 1.21. The first-order chi connectivity index (χ1) is 14.2. The summed E-state index contributed by atoms with van der Waals surface area (Å²) in [6, 6.07) is 4.44. The number of hydrogen-bond acceptors (Lipinski definition) is 0. The normalized spacial score (nSPS) is 24.5. The van der Waals surface area contributed by atoms with Gasteiger partial charge in [-0.15, -0.1) is 0 Å². The van der Waals surface area contributed by atoms with Gasteiger partial charge in [0.15, 0.2) is 11.6 Å². The van der Waals surface area contributed by atoms with Gasteiger partial charge < -0.3 is 0 Å². The fourth-order valence-corrected chi connectivity index (χ4v) is 5.21. The Hall–Kier alpha value is -1.44. The first kappa shape index (κ1) is 22.2. The third kappa shape index (κ3) is 6.52. The van der Waals surface area contributed by atoms with Crippen LogP contribution in [0.25, 0.3) is 5.57 Å². The van der Waals surface area contributed by atoms with Gasteiger partial charge in [-0.25, -0.2) is 8.78 Å². The van der Waals surface area contributed by atoms with Crippen molar-refractivity contribution in [3.8, 4) is 0 Å². The Morgan fingerprint density at radius 3 is 2.31 bits per heavy atom. The summed E-state index contributed by atoms with van der Waals surface area (Å²) < 4.78 is 27.5. The van der Waals surface area contributed by atoms with Crippen molar-refractivity contribution in [2.75, 3.05) is 0 Å². The lowest BCUT2D eigenvalue weighted by Gasteiger charge is -2.33. The smallest absolute Gasteiger partial charge is 0.166 e. The Bertz CT molecular complexity index is 680. The molecule has 160 valence electrons. The molecule has 1 aromatic rings. The van der Waals surface area contributed by atoms with Crippen molar-refractivity contribution in [1.82, 2.24) is 0 Å². The fraction of sp³-hybridized carbons (Fsp3) is 0.630. The first-order valence-corrected chi connectivity index (χ1v) is 12.0. The van der Waals surface area contributed by atoms with Crippen LogP contribution in [-0.2, 0) is 0 Å². The molecule has 0 nitrogen and oxygen atoms in total. The van der Waals surface area contributed by atoms with Crippen LogP contribution in [-0.4, -0.2) is 0 Å². The van der Waals surface area contributed by atoms with E-state index >= 15 is 0 Å². The summed E-state index contributed by atoms with van der Waals surface area (Å²) in [6.07, 6.45) is 24.0.